The van der Waals surface area contributed by atoms with Crippen LogP contribution < -0.4 is 5.73 Å². The summed E-state index contributed by atoms with van der Waals surface area (Å²) in [6, 6.07) is -0.628. The highest BCUT2D eigenvalue weighted by Crippen LogP contribution is 2.66. The first-order chi connectivity index (χ1) is 9.84. The Bertz CT molecular complexity index is 526. The number of esters is 1. The van der Waals surface area contributed by atoms with Crippen molar-refractivity contribution in [3.63, 3.8) is 0 Å². The first-order valence-corrected chi connectivity index (χ1v) is 7.78. The van der Waals surface area contributed by atoms with Crippen LogP contribution in [0, 0.1) is 16.7 Å². The minimum Gasteiger partial charge on any atom is -0.461 e. The molecule has 5 nitrogen and oxygen atoms in total. The summed E-state index contributed by atoms with van der Waals surface area (Å²) in [5, 5.41) is 0. The molecule has 0 radical (unpaired) electrons. The number of ether oxygens (including phenoxy) is 1. The van der Waals surface area contributed by atoms with Crippen LogP contribution in [-0.2, 0) is 16.0 Å². The summed E-state index contributed by atoms with van der Waals surface area (Å²) in [5.41, 5.74) is 7.16. The Morgan fingerprint density at radius 3 is 2.86 bits per heavy atom. The van der Waals surface area contributed by atoms with Crippen molar-refractivity contribution in [3.05, 3.63) is 18.2 Å². The van der Waals surface area contributed by atoms with Crippen LogP contribution in [0.15, 0.2) is 12.5 Å². The molecule has 116 valence electrons. The fraction of sp³-hybridized carbons (Fsp3) is 0.750. The zero-order valence-electron chi connectivity index (χ0n) is 13.1. The monoisotopic (exact) mass is 291 g/mol. The number of imidazole rings is 1. The van der Waals surface area contributed by atoms with E-state index in [9.17, 15) is 4.79 Å². The lowest BCUT2D eigenvalue weighted by Gasteiger charge is -2.38. The Morgan fingerprint density at radius 2 is 2.33 bits per heavy atom. The van der Waals surface area contributed by atoms with Gasteiger partial charge < -0.3 is 15.5 Å². The Morgan fingerprint density at radius 1 is 1.57 bits per heavy atom. The van der Waals surface area contributed by atoms with Crippen molar-refractivity contribution < 1.29 is 9.53 Å². The summed E-state index contributed by atoms with van der Waals surface area (Å²) in [7, 11) is 0. The molecular formula is C16H25N3O2. The van der Waals surface area contributed by atoms with E-state index in [4.69, 9.17) is 10.5 Å². The molecule has 1 aromatic rings. The SMILES string of the molecule is CC1(C)C2CCC1(C)C(OC(=O)[C@@H](N)Cc1cnc[nH]1)C2. The number of hydrogen-bond acceptors (Lipinski definition) is 4. The predicted molar refractivity (Wildman–Crippen MR) is 79.4 cm³/mol. The maximum absolute atomic E-state index is 12.3. The second-order valence-electron chi connectivity index (χ2n) is 7.42. The van der Waals surface area contributed by atoms with Crippen LogP contribution in [0.2, 0.25) is 0 Å². The van der Waals surface area contributed by atoms with E-state index >= 15 is 0 Å². The number of hydrogen-bond donors (Lipinski definition) is 2. The number of H-pyrrole nitrogens is 1. The largest absolute Gasteiger partial charge is 0.461 e. The molecule has 3 unspecified atom stereocenters. The third-order valence-corrected chi connectivity index (χ3v) is 6.27. The van der Waals surface area contributed by atoms with Crippen LogP contribution >= 0.6 is 0 Å². The van der Waals surface area contributed by atoms with Gasteiger partial charge in [-0.2, -0.15) is 0 Å². The Labute approximate surface area is 125 Å². The second kappa shape index (κ2) is 4.83. The van der Waals surface area contributed by atoms with E-state index < -0.39 is 6.04 Å². The highest BCUT2D eigenvalue weighted by molar-refractivity contribution is 5.76. The smallest absolute Gasteiger partial charge is 0.323 e. The number of rotatable bonds is 4. The Hall–Kier alpha value is -1.36. The Balaban J connectivity index is 1.63. The van der Waals surface area contributed by atoms with Crippen molar-refractivity contribution in [3.8, 4) is 0 Å². The predicted octanol–water partition coefficient (Wildman–Crippen LogP) is 2.04. The molecule has 0 amide bonds. The number of carbonyl (C=O) groups excluding carboxylic acids is 1. The zero-order chi connectivity index (χ0) is 15.3. The number of nitrogens with zero attached hydrogens (tertiary/aromatic N) is 1. The first-order valence-electron chi connectivity index (χ1n) is 7.78. The number of carbonyl (C=O) groups is 1. The van der Waals surface area contributed by atoms with Gasteiger partial charge in [-0.25, -0.2) is 4.98 Å². The van der Waals surface area contributed by atoms with Crippen LogP contribution in [-0.4, -0.2) is 28.1 Å². The maximum Gasteiger partial charge on any atom is 0.323 e. The van der Waals surface area contributed by atoms with Crippen LogP contribution in [0.3, 0.4) is 0 Å². The van der Waals surface area contributed by atoms with Crippen LogP contribution in [0.1, 0.15) is 45.7 Å². The van der Waals surface area contributed by atoms with Crippen molar-refractivity contribution in [2.45, 2.75) is 58.6 Å². The van der Waals surface area contributed by atoms with Crippen molar-refractivity contribution in [2.75, 3.05) is 0 Å². The summed E-state index contributed by atoms with van der Waals surface area (Å²) in [5.74, 6) is 0.364. The topological polar surface area (TPSA) is 81.0 Å². The van der Waals surface area contributed by atoms with Gasteiger partial charge in [0.15, 0.2) is 0 Å². The van der Waals surface area contributed by atoms with Gasteiger partial charge in [0.1, 0.15) is 12.1 Å². The highest BCUT2D eigenvalue weighted by Gasteiger charge is 2.62. The van der Waals surface area contributed by atoms with Gasteiger partial charge in [0, 0.05) is 23.7 Å². The average Bonchev–Trinajstić information content (AvgIpc) is 3.04. The summed E-state index contributed by atoms with van der Waals surface area (Å²) in [4.78, 5) is 19.2. The van der Waals surface area contributed by atoms with E-state index in [1.165, 1.54) is 6.42 Å². The number of nitrogens with one attached hydrogen (secondary N) is 1. The van der Waals surface area contributed by atoms with Gasteiger partial charge in [-0.15, -0.1) is 0 Å². The lowest BCUT2D eigenvalue weighted by molar-refractivity contribution is -0.158. The standard InChI is InChI=1S/C16H25N3O2/c1-15(2)10-4-5-16(15,3)13(6-10)21-14(20)12(17)7-11-8-18-9-19-11/h8-10,12-13H,4-7,17H2,1-3H3,(H,18,19)/t10?,12-,13?,16?/m0/s1. The quantitative estimate of drug-likeness (QED) is 0.832. The molecule has 2 saturated carbocycles. The number of aromatic nitrogens is 2. The van der Waals surface area contributed by atoms with E-state index in [1.54, 1.807) is 12.5 Å². The van der Waals surface area contributed by atoms with Gasteiger partial charge in [-0.3, -0.25) is 4.79 Å². The molecule has 3 rings (SSSR count). The molecule has 2 aliphatic rings. The van der Waals surface area contributed by atoms with Gasteiger partial charge in [0.25, 0.3) is 0 Å². The normalized spacial score (nSPS) is 34.9. The van der Waals surface area contributed by atoms with Crippen LogP contribution in [0.5, 0.6) is 0 Å². The zero-order valence-corrected chi connectivity index (χ0v) is 13.1. The summed E-state index contributed by atoms with van der Waals surface area (Å²) in [6.07, 6.45) is 7.09. The lowest BCUT2D eigenvalue weighted by Crippen LogP contribution is -2.43. The minimum absolute atomic E-state index is 0.00608. The van der Waals surface area contributed by atoms with Crippen molar-refractivity contribution in [1.82, 2.24) is 9.97 Å². The summed E-state index contributed by atoms with van der Waals surface area (Å²) < 4.78 is 5.80. The third kappa shape index (κ3) is 2.18. The molecule has 1 heterocycles. The minimum atomic E-state index is -0.628. The summed E-state index contributed by atoms with van der Waals surface area (Å²) in [6.45, 7) is 6.88. The number of aromatic amines is 1. The molecule has 2 bridgehead atoms. The molecule has 2 aliphatic carbocycles. The lowest BCUT2D eigenvalue weighted by atomic mass is 9.70. The number of fused-ring (bicyclic) bond motifs is 2. The van der Waals surface area contributed by atoms with Crippen molar-refractivity contribution >= 4 is 5.97 Å². The van der Waals surface area contributed by atoms with Gasteiger partial charge in [-0.05, 0) is 30.6 Å². The molecule has 0 spiro atoms. The van der Waals surface area contributed by atoms with Crippen LogP contribution in [0.25, 0.3) is 0 Å². The van der Waals surface area contributed by atoms with Gasteiger partial charge in [0.05, 0.1) is 6.33 Å². The molecule has 21 heavy (non-hydrogen) atoms. The van der Waals surface area contributed by atoms with E-state index in [1.807, 2.05) is 0 Å². The maximum atomic E-state index is 12.3. The van der Waals surface area contributed by atoms with Gasteiger partial charge >= 0.3 is 5.97 Å². The van der Waals surface area contributed by atoms with Gasteiger partial charge in [0.2, 0.25) is 0 Å². The Kier molecular flexibility index (Phi) is 3.35. The van der Waals surface area contributed by atoms with Crippen molar-refractivity contribution in [2.24, 2.45) is 22.5 Å². The second-order valence-corrected chi connectivity index (χ2v) is 7.42. The molecule has 4 atom stereocenters. The van der Waals surface area contributed by atoms with E-state index in [-0.39, 0.29) is 22.9 Å². The first kappa shape index (κ1) is 14.6. The molecule has 0 saturated heterocycles. The van der Waals surface area contributed by atoms with E-state index in [0.29, 0.717) is 12.3 Å². The number of nitrogens with two attached hydrogens (primary N) is 1. The molecule has 5 heteroatoms. The van der Waals surface area contributed by atoms with Gasteiger partial charge in [-0.1, -0.05) is 20.8 Å². The molecule has 3 N–H and O–H groups in total. The molecule has 1 aromatic heterocycles. The molecule has 0 aliphatic heterocycles. The molecule has 0 aromatic carbocycles. The van der Waals surface area contributed by atoms with Crippen LogP contribution in [0.4, 0.5) is 0 Å². The van der Waals surface area contributed by atoms with Crippen molar-refractivity contribution in [1.29, 1.82) is 0 Å². The third-order valence-electron chi connectivity index (χ3n) is 6.27. The van der Waals surface area contributed by atoms with E-state index in [2.05, 4.69) is 30.7 Å². The fourth-order valence-electron chi connectivity index (χ4n) is 4.25. The summed E-state index contributed by atoms with van der Waals surface area (Å²) >= 11 is 0. The molecule has 2 fully saturated rings. The highest BCUT2D eigenvalue weighted by atomic mass is 16.5. The fourth-order valence-corrected chi connectivity index (χ4v) is 4.25. The average molecular weight is 291 g/mol. The van der Waals surface area contributed by atoms with E-state index in [0.717, 1.165) is 18.5 Å². The molecular weight excluding hydrogens is 266 g/mol.